The molecule has 2 aromatic heterocycles. The van der Waals surface area contributed by atoms with Gasteiger partial charge < -0.3 is 14.6 Å². The first-order valence-electron chi connectivity index (χ1n) is 8.00. The van der Waals surface area contributed by atoms with Gasteiger partial charge in [-0.2, -0.15) is 4.98 Å². The van der Waals surface area contributed by atoms with Crippen LogP contribution in [-0.4, -0.2) is 29.1 Å². The summed E-state index contributed by atoms with van der Waals surface area (Å²) in [5.41, 5.74) is 1.06. The highest BCUT2D eigenvalue weighted by Crippen LogP contribution is 2.21. The van der Waals surface area contributed by atoms with Crippen LogP contribution in [0.4, 0.5) is 5.69 Å². The van der Waals surface area contributed by atoms with E-state index in [2.05, 4.69) is 20.2 Å². The van der Waals surface area contributed by atoms with E-state index in [1.54, 1.807) is 35.6 Å². The monoisotopic (exact) mass is 371 g/mol. The van der Waals surface area contributed by atoms with Crippen LogP contribution in [0.2, 0.25) is 0 Å². The minimum Gasteiger partial charge on any atom is -0.465 e. The van der Waals surface area contributed by atoms with Crippen LogP contribution >= 0.6 is 11.3 Å². The SMILES string of the molecule is COC(=O)c1ccc(NC(=O)CCCc2nc(-c3cccs3)no2)cc1. The summed E-state index contributed by atoms with van der Waals surface area (Å²) in [5.74, 6) is 0.562. The summed E-state index contributed by atoms with van der Waals surface area (Å²) in [7, 11) is 1.32. The van der Waals surface area contributed by atoms with E-state index in [9.17, 15) is 9.59 Å². The second-order valence-electron chi connectivity index (χ2n) is 5.46. The van der Waals surface area contributed by atoms with Crippen molar-refractivity contribution < 1.29 is 18.8 Å². The number of carbonyl (C=O) groups is 2. The number of nitrogens with zero attached hydrogens (tertiary/aromatic N) is 2. The minimum absolute atomic E-state index is 0.117. The number of ether oxygens (including phenoxy) is 1. The third kappa shape index (κ3) is 4.54. The van der Waals surface area contributed by atoms with Crippen LogP contribution in [0.3, 0.4) is 0 Å². The van der Waals surface area contributed by atoms with Gasteiger partial charge in [-0.25, -0.2) is 4.79 Å². The van der Waals surface area contributed by atoms with Gasteiger partial charge in [-0.3, -0.25) is 4.79 Å². The molecule has 26 heavy (non-hydrogen) atoms. The second kappa shape index (κ2) is 8.39. The van der Waals surface area contributed by atoms with Crippen LogP contribution < -0.4 is 5.32 Å². The molecule has 0 saturated carbocycles. The van der Waals surface area contributed by atoms with Crippen molar-refractivity contribution in [1.82, 2.24) is 10.1 Å². The van der Waals surface area contributed by atoms with Crippen molar-refractivity contribution in [2.24, 2.45) is 0 Å². The number of rotatable bonds is 7. The number of thiophene rings is 1. The number of aromatic nitrogens is 2. The highest BCUT2D eigenvalue weighted by molar-refractivity contribution is 7.13. The summed E-state index contributed by atoms with van der Waals surface area (Å²) in [6, 6.07) is 10.4. The summed E-state index contributed by atoms with van der Waals surface area (Å²) in [6.07, 6.45) is 1.46. The van der Waals surface area contributed by atoms with Gasteiger partial charge in [-0.05, 0) is 42.1 Å². The minimum atomic E-state index is -0.413. The third-order valence-electron chi connectivity index (χ3n) is 3.59. The first-order valence-corrected chi connectivity index (χ1v) is 8.88. The molecule has 2 heterocycles. The number of benzene rings is 1. The number of hydrogen-bond acceptors (Lipinski definition) is 7. The van der Waals surface area contributed by atoms with E-state index >= 15 is 0 Å². The average molecular weight is 371 g/mol. The lowest BCUT2D eigenvalue weighted by Crippen LogP contribution is -2.11. The molecule has 0 aliphatic heterocycles. The maximum Gasteiger partial charge on any atom is 0.337 e. The van der Waals surface area contributed by atoms with E-state index in [0.717, 1.165) is 4.88 Å². The number of hydrogen-bond donors (Lipinski definition) is 1. The van der Waals surface area contributed by atoms with Gasteiger partial charge >= 0.3 is 5.97 Å². The molecule has 0 bridgehead atoms. The topological polar surface area (TPSA) is 94.3 Å². The summed E-state index contributed by atoms with van der Waals surface area (Å²) in [5, 5.41) is 8.68. The third-order valence-corrected chi connectivity index (χ3v) is 4.46. The Morgan fingerprint density at radius 3 is 2.73 bits per heavy atom. The van der Waals surface area contributed by atoms with E-state index < -0.39 is 5.97 Å². The van der Waals surface area contributed by atoms with Crippen molar-refractivity contribution in [1.29, 1.82) is 0 Å². The quantitative estimate of drug-likeness (QED) is 0.638. The molecular formula is C18H17N3O4S. The standard InChI is InChI=1S/C18H17N3O4S/c1-24-18(23)12-7-9-13(10-8-12)19-15(22)5-2-6-16-20-17(21-25-16)14-4-3-11-26-14/h3-4,7-11H,2,5-6H2,1H3,(H,19,22). The molecule has 1 N–H and O–H groups in total. The zero-order valence-electron chi connectivity index (χ0n) is 14.1. The van der Waals surface area contributed by atoms with Crippen molar-refractivity contribution in [2.75, 3.05) is 12.4 Å². The van der Waals surface area contributed by atoms with Crippen molar-refractivity contribution in [3.8, 4) is 10.7 Å². The van der Waals surface area contributed by atoms with E-state index in [0.29, 0.717) is 42.2 Å². The fourth-order valence-electron chi connectivity index (χ4n) is 2.29. The highest BCUT2D eigenvalue weighted by atomic mass is 32.1. The Kier molecular flexibility index (Phi) is 5.75. The Hall–Kier alpha value is -3.00. The van der Waals surface area contributed by atoms with Crippen LogP contribution in [0, 0.1) is 0 Å². The molecule has 0 fully saturated rings. The molecular weight excluding hydrogens is 354 g/mol. The van der Waals surface area contributed by atoms with Crippen LogP contribution in [0.5, 0.6) is 0 Å². The van der Waals surface area contributed by atoms with Crippen LogP contribution in [-0.2, 0) is 16.0 Å². The Labute approximate surface area is 154 Å². The predicted octanol–water partition coefficient (Wildman–Crippen LogP) is 3.55. The Balaban J connectivity index is 1.45. The zero-order valence-corrected chi connectivity index (χ0v) is 14.9. The van der Waals surface area contributed by atoms with Crippen LogP contribution in [0.15, 0.2) is 46.3 Å². The molecule has 1 aromatic carbocycles. The fourth-order valence-corrected chi connectivity index (χ4v) is 2.94. The lowest BCUT2D eigenvalue weighted by atomic mass is 10.2. The number of anilines is 1. The van der Waals surface area contributed by atoms with Gasteiger partial charge in [-0.15, -0.1) is 11.3 Å². The molecule has 0 saturated heterocycles. The normalized spacial score (nSPS) is 10.5. The Morgan fingerprint density at radius 2 is 2.04 bits per heavy atom. The van der Waals surface area contributed by atoms with Crippen LogP contribution in [0.25, 0.3) is 10.7 Å². The molecule has 0 aliphatic rings. The zero-order chi connectivity index (χ0) is 18.4. The molecule has 134 valence electrons. The van der Waals surface area contributed by atoms with Crippen molar-refractivity contribution in [3.05, 3.63) is 53.2 Å². The van der Waals surface area contributed by atoms with E-state index in [1.165, 1.54) is 7.11 Å². The van der Waals surface area contributed by atoms with Gasteiger partial charge in [0.05, 0.1) is 17.6 Å². The Bertz CT molecular complexity index is 872. The maximum atomic E-state index is 12.0. The van der Waals surface area contributed by atoms with E-state index in [4.69, 9.17) is 4.52 Å². The molecule has 0 atom stereocenters. The smallest absolute Gasteiger partial charge is 0.337 e. The summed E-state index contributed by atoms with van der Waals surface area (Å²) < 4.78 is 9.84. The van der Waals surface area contributed by atoms with Gasteiger partial charge in [-0.1, -0.05) is 11.2 Å². The number of nitrogens with one attached hydrogen (secondary N) is 1. The summed E-state index contributed by atoms with van der Waals surface area (Å²) in [4.78, 5) is 28.6. The molecule has 0 unspecified atom stereocenters. The Morgan fingerprint density at radius 1 is 1.23 bits per heavy atom. The molecule has 3 aromatic rings. The number of carbonyl (C=O) groups excluding carboxylic acids is 2. The maximum absolute atomic E-state index is 12.0. The fraction of sp³-hybridized carbons (Fsp3) is 0.222. The molecule has 0 aliphatic carbocycles. The highest BCUT2D eigenvalue weighted by Gasteiger charge is 2.11. The first kappa shape index (κ1) is 17.8. The van der Waals surface area contributed by atoms with Gasteiger partial charge in [0, 0.05) is 18.5 Å². The average Bonchev–Trinajstić information content (AvgIpc) is 3.33. The largest absolute Gasteiger partial charge is 0.465 e. The van der Waals surface area contributed by atoms with Gasteiger partial charge in [0.2, 0.25) is 17.6 Å². The molecule has 0 radical (unpaired) electrons. The number of esters is 1. The molecule has 8 heteroatoms. The first-order chi connectivity index (χ1) is 12.7. The van der Waals surface area contributed by atoms with Crippen molar-refractivity contribution in [2.45, 2.75) is 19.3 Å². The second-order valence-corrected chi connectivity index (χ2v) is 6.41. The summed E-state index contributed by atoms with van der Waals surface area (Å²) in [6.45, 7) is 0. The van der Waals surface area contributed by atoms with Crippen LogP contribution in [0.1, 0.15) is 29.1 Å². The molecule has 7 nitrogen and oxygen atoms in total. The number of methoxy groups -OCH3 is 1. The summed E-state index contributed by atoms with van der Waals surface area (Å²) >= 11 is 1.55. The van der Waals surface area contributed by atoms with E-state index in [-0.39, 0.29) is 5.91 Å². The van der Waals surface area contributed by atoms with Crippen molar-refractivity contribution >= 4 is 28.9 Å². The van der Waals surface area contributed by atoms with E-state index in [1.807, 2.05) is 17.5 Å². The lowest BCUT2D eigenvalue weighted by molar-refractivity contribution is -0.116. The number of aryl methyl sites for hydroxylation is 1. The van der Waals surface area contributed by atoms with Gasteiger partial charge in [0.15, 0.2) is 0 Å². The lowest BCUT2D eigenvalue weighted by Gasteiger charge is -2.05. The molecule has 3 rings (SSSR count). The van der Waals surface area contributed by atoms with Gasteiger partial charge in [0.25, 0.3) is 0 Å². The molecule has 1 amide bonds. The van der Waals surface area contributed by atoms with Crippen molar-refractivity contribution in [3.63, 3.8) is 0 Å². The molecule has 0 spiro atoms. The van der Waals surface area contributed by atoms with Gasteiger partial charge in [0.1, 0.15) is 0 Å². The number of amides is 1. The predicted molar refractivity (Wildman–Crippen MR) is 97.0 cm³/mol.